The van der Waals surface area contributed by atoms with E-state index >= 15 is 0 Å². The van der Waals surface area contributed by atoms with Crippen molar-refractivity contribution in [2.75, 3.05) is 0 Å². The molecule has 5 N–H and O–H groups in total. The Morgan fingerprint density at radius 1 is 0.887 bits per heavy atom. The molecule has 11 nitrogen and oxygen atoms in total. The van der Waals surface area contributed by atoms with Gasteiger partial charge >= 0.3 is 5.97 Å². The van der Waals surface area contributed by atoms with Gasteiger partial charge in [-0.15, -0.1) is 0 Å². The average molecular weight is 753 g/mol. The summed E-state index contributed by atoms with van der Waals surface area (Å²) in [5, 5.41) is 56.1. The van der Waals surface area contributed by atoms with Crippen molar-refractivity contribution in [2.45, 2.75) is 205 Å². The summed E-state index contributed by atoms with van der Waals surface area (Å²) in [6.45, 7) is 19.9. The van der Waals surface area contributed by atoms with Gasteiger partial charge in [0.1, 0.15) is 6.10 Å². The molecule has 53 heavy (non-hydrogen) atoms. The lowest BCUT2D eigenvalue weighted by atomic mass is 9.72. The van der Waals surface area contributed by atoms with Gasteiger partial charge in [0.15, 0.2) is 5.79 Å². The van der Waals surface area contributed by atoms with Gasteiger partial charge in [-0.2, -0.15) is 0 Å². The van der Waals surface area contributed by atoms with Crippen molar-refractivity contribution in [1.82, 2.24) is 0 Å². The lowest BCUT2D eigenvalue weighted by molar-refractivity contribution is -0.411. The molecule has 5 aliphatic heterocycles. The number of ether oxygens (including phenoxy) is 5. The quantitative estimate of drug-likeness (QED) is 0.149. The van der Waals surface area contributed by atoms with E-state index in [-0.39, 0.29) is 47.9 Å². The molecule has 5 heterocycles. The predicted molar refractivity (Wildman–Crippen MR) is 200 cm³/mol. The summed E-state index contributed by atoms with van der Waals surface area (Å²) >= 11 is 0. The van der Waals surface area contributed by atoms with Crippen LogP contribution in [0.5, 0.6) is 0 Å². The maximum Gasteiger partial charge on any atom is 0.309 e. The third-order valence-corrected chi connectivity index (χ3v) is 14.7. The summed E-state index contributed by atoms with van der Waals surface area (Å²) in [5.41, 5.74) is -1.61. The Balaban J connectivity index is 1.31. The van der Waals surface area contributed by atoms with Gasteiger partial charge in [0.25, 0.3) is 0 Å². The number of aliphatic hydroxyl groups is 4. The van der Waals surface area contributed by atoms with Crippen molar-refractivity contribution in [3.05, 3.63) is 12.2 Å². The smallest absolute Gasteiger partial charge is 0.309 e. The first kappa shape index (κ1) is 43.0. The first-order valence-electron chi connectivity index (χ1n) is 20.9. The number of hydrogen-bond acceptors (Lipinski definition) is 10. The Morgan fingerprint density at radius 3 is 2.19 bits per heavy atom. The Hall–Kier alpha value is -1.15. The number of carbonyl (C=O) groups is 1. The van der Waals surface area contributed by atoms with Crippen LogP contribution in [0.4, 0.5) is 0 Å². The van der Waals surface area contributed by atoms with Gasteiger partial charge in [-0.1, -0.05) is 55.4 Å². The maximum absolute atomic E-state index is 12.1. The topological polar surface area (TPSA) is 164 Å². The van der Waals surface area contributed by atoms with Crippen LogP contribution in [0.25, 0.3) is 0 Å². The minimum absolute atomic E-state index is 0.0745. The summed E-state index contributed by atoms with van der Waals surface area (Å²) in [6.07, 6.45) is 5.20. The summed E-state index contributed by atoms with van der Waals surface area (Å²) in [5.74, 6) is -5.03. The molecule has 0 saturated carbocycles. The molecule has 4 saturated heterocycles. The SMILES string of the molecule is CCC(C(O)[C@@H](C)[C@@H](O)[C@H](C)[C@@H]1O[C@@H](C(CC)C(=O)O)CC[C@@H]1C)[C@H]1O[C@]2(C=C[C@@H](O)[C@]3(CC[C@@](C)([C@H]4CC[C@](O)(CC)[C@H](C)O4)O3)O2)[C@H](C)C[C@@H]1C. The summed E-state index contributed by atoms with van der Waals surface area (Å²) in [7, 11) is 0. The van der Waals surface area contributed by atoms with Crippen molar-refractivity contribution in [3.8, 4) is 0 Å². The van der Waals surface area contributed by atoms with Crippen LogP contribution in [-0.2, 0) is 28.5 Å². The van der Waals surface area contributed by atoms with Crippen molar-refractivity contribution in [2.24, 2.45) is 41.4 Å². The predicted octanol–water partition coefficient (Wildman–Crippen LogP) is 5.98. The van der Waals surface area contributed by atoms with E-state index in [1.807, 2.05) is 54.5 Å². The van der Waals surface area contributed by atoms with Crippen LogP contribution in [0.15, 0.2) is 12.2 Å². The molecule has 4 fully saturated rings. The van der Waals surface area contributed by atoms with Crippen LogP contribution in [0.2, 0.25) is 0 Å². The molecule has 0 aromatic carbocycles. The Bertz CT molecular complexity index is 1280. The number of aliphatic hydroxyl groups excluding tert-OH is 3. The van der Waals surface area contributed by atoms with E-state index in [0.29, 0.717) is 51.4 Å². The highest BCUT2D eigenvalue weighted by atomic mass is 16.8. The molecule has 5 aliphatic rings. The molecule has 0 aliphatic carbocycles. The van der Waals surface area contributed by atoms with Gasteiger partial charge in [-0.05, 0) is 95.6 Å². The molecule has 19 atom stereocenters. The minimum atomic E-state index is -1.35. The van der Waals surface area contributed by atoms with Gasteiger partial charge in [-0.3, -0.25) is 4.79 Å². The second-order valence-electron chi connectivity index (χ2n) is 18.1. The number of carboxylic acids is 1. The van der Waals surface area contributed by atoms with Gasteiger partial charge < -0.3 is 49.2 Å². The van der Waals surface area contributed by atoms with E-state index in [2.05, 4.69) is 20.8 Å². The van der Waals surface area contributed by atoms with Crippen LogP contribution in [0.3, 0.4) is 0 Å². The van der Waals surface area contributed by atoms with Crippen molar-refractivity contribution < 1.29 is 54.0 Å². The number of hydrogen-bond donors (Lipinski definition) is 5. The molecule has 0 radical (unpaired) electrons. The van der Waals surface area contributed by atoms with Gasteiger partial charge in [0.2, 0.25) is 5.79 Å². The van der Waals surface area contributed by atoms with Gasteiger partial charge in [0, 0.05) is 30.1 Å². The van der Waals surface area contributed by atoms with E-state index in [1.165, 1.54) is 0 Å². The monoisotopic (exact) mass is 753 g/mol. The lowest BCUT2D eigenvalue weighted by Gasteiger charge is -2.55. The first-order valence-corrected chi connectivity index (χ1v) is 20.9. The minimum Gasteiger partial charge on any atom is -0.481 e. The van der Waals surface area contributed by atoms with Gasteiger partial charge in [0.05, 0.1) is 59.8 Å². The largest absolute Gasteiger partial charge is 0.481 e. The molecule has 0 aromatic heterocycles. The van der Waals surface area contributed by atoms with E-state index in [0.717, 1.165) is 12.8 Å². The third-order valence-electron chi connectivity index (χ3n) is 14.7. The molecule has 3 unspecified atom stereocenters. The lowest BCUT2D eigenvalue weighted by Crippen LogP contribution is -2.63. The van der Waals surface area contributed by atoms with Crippen LogP contribution < -0.4 is 0 Å². The molecule has 11 heteroatoms. The van der Waals surface area contributed by atoms with E-state index < -0.39 is 71.1 Å². The normalized spacial score (nSPS) is 46.9. The zero-order valence-corrected chi connectivity index (χ0v) is 34.1. The summed E-state index contributed by atoms with van der Waals surface area (Å²) in [4.78, 5) is 11.9. The number of aliphatic carboxylic acids is 1. The summed E-state index contributed by atoms with van der Waals surface area (Å²) in [6, 6.07) is 0. The highest BCUT2D eigenvalue weighted by Crippen LogP contribution is 2.54. The van der Waals surface area contributed by atoms with Crippen molar-refractivity contribution in [1.29, 1.82) is 0 Å². The highest BCUT2D eigenvalue weighted by molar-refractivity contribution is 5.70. The fourth-order valence-corrected chi connectivity index (χ4v) is 10.7. The number of carboxylic acid groups (broad SMARTS) is 1. The second kappa shape index (κ2) is 16.4. The Morgan fingerprint density at radius 2 is 1.58 bits per heavy atom. The standard InChI is InChI=1S/C42H72O11/c1-11-29(38(46)47)31-15-14-23(4)36(50-31)27(8)34(44)26(7)35(45)30(12-2)37-24(5)22-25(6)41(51-37)19-16-32(43)42(53-41)21-20-39(10,52-42)33-17-18-40(48,13-3)28(9)49-33/h16,19,23-37,43-45,48H,11-15,17-18,20-22H2,1-10H3,(H,46,47)/t23-,24-,25+,26-,27-,28-,29?,30?,31+,32+,33+,34+,35?,36+,37-,39-,40+,41-,42-/m0/s1. The van der Waals surface area contributed by atoms with E-state index in [9.17, 15) is 30.3 Å². The van der Waals surface area contributed by atoms with Crippen molar-refractivity contribution >= 4 is 5.97 Å². The summed E-state index contributed by atoms with van der Waals surface area (Å²) < 4.78 is 33.6. The van der Waals surface area contributed by atoms with Crippen LogP contribution in [0.1, 0.15) is 133 Å². The molecular weight excluding hydrogens is 680 g/mol. The molecular formula is C42H72O11. The van der Waals surface area contributed by atoms with Crippen LogP contribution in [-0.4, -0.2) is 103 Å². The Kier molecular flexibility index (Phi) is 13.3. The van der Waals surface area contributed by atoms with Crippen LogP contribution in [0, 0.1) is 41.4 Å². The molecule has 0 amide bonds. The Labute approximate surface area is 318 Å². The van der Waals surface area contributed by atoms with E-state index in [1.54, 1.807) is 6.08 Å². The van der Waals surface area contributed by atoms with E-state index in [4.69, 9.17) is 23.7 Å². The zero-order valence-electron chi connectivity index (χ0n) is 34.1. The molecule has 0 aromatic rings. The highest BCUT2D eigenvalue weighted by Gasteiger charge is 2.63. The van der Waals surface area contributed by atoms with Crippen LogP contribution >= 0.6 is 0 Å². The molecule has 0 bridgehead atoms. The molecule has 2 spiro atoms. The fourth-order valence-electron chi connectivity index (χ4n) is 10.7. The average Bonchev–Trinajstić information content (AvgIpc) is 3.47. The van der Waals surface area contributed by atoms with Crippen molar-refractivity contribution in [3.63, 3.8) is 0 Å². The third kappa shape index (κ3) is 8.04. The number of rotatable bonds is 12. The maximum atomic E-state index is 12.1. The second-order valence-corrected chi connectivity index (χ2v) is 18.1. The van der Waals surface area contributed by atoms with Gasteiger partial charge in [-0.25, -0.2) is 0 Å². The molecule has 306 valence electrons. The zero-order chi connectivity index (χ0) is 39.3. The molecule has 5 rings (SSSR count). The fraction of sp³-hybridized carbons (Fsp3) is 0.929. The first-order chi connectivity index (χ1) is 24.8.